The number of hydrogen-bond donors (Lipinski definition) is 3. The molecule has 0 aromatic carbocycles. The first kappa shape index (κ1) is 18.1. The zero-order valence-corrected chi connectivity index (χ0v) is 13.3. The van der Waals surface area contributed by atoms with Crippen molar-refractivity contribution in [2.45, 2.75) is 6.92 Å². The van der Waals surface area contributed by atoms with Crippen LogP contribution in [0.15, 0.2) is 12.2 Å². The van der Waals surface area contributed by atoms with E-state index in [1.54, 1.807) is 14.2 Å². The van der Waals surface area contributed by atoms with Crippen LogP contribution < -0.4 is 16.0 Å². The van der Waals surface area contributed by atoms with E-state index < -0.39 is 0 Å². The number of nitrogens with zero attached hydrogens (tertiary/aromatic N) is 3. The van der Waals surface area contributed by atoms with Crippen LogP contribution >= 0.6 is 0 Å². The highest BCUT2D eigenvalue weighted by atomic mass is 16.5. The first-order chi connectivity index (χ1) is 10.8. The summed E-state index contributed by atoms with van der Waals surface area (Å²) in [5.41, 5.74) is 0. The largest absolute Gasteiger partial charge is 0.381 e. The van der Waals surface area contributed by atoms with Crippen molar-refractivity contribution in [3.63, 3.8) is 0 Å². The lowest BCUT2D eigenvalue weighted by atomic mass is 10.5. The van der Waals surface area contributed by atoms with E-state index in [9.17, 15) is 0 Å². The summed E-state index contributed by atoms with van der Waals surface area (Å²) in [7, 11) is 3.23. The normalized spacial score (nSPS) is 10.9. The van der Waals surface area contributed by atoms with E-state index in [0.717, 1.165) is 0 Å². The Bertz CT molecular complexity index is 444. The molecule has 9 heteroatoms. The van der Waals surface area contributed by atoms with Crippen LogP contribution in [0.3, 0.4) is 0 Å². The van der Waals surface area contributed by atoms with Gasteiger partial charge in [-0.2, -0.15) is 15.0 Å². The second kappa shape index (κ2) is 11.7. The third-order valence-electron chi connectivity index (χ3n) is 2.32. The van der Waals surface area contributed by atoms with Crippen molar-refractivity contribution in [2.24, 2.45) is 0 Å². The number of aromatic nitrogens is 3. The summed E-state index contributed by atoms with van der Waals surface area (Å²) in [5.74, 6) is 1.33. The van der Waals surface area contributed by atoms with Gasteiger partial charge in [-0.15, -0.1) is 0 Å². The van der Waals surface area contributed by atoms with Gasteiger partial charge in [0, 0.05) is 20.8 Å². The first-order valence-corrected chi connectivity index (χ1v) is 6.98. The fourth-order valence-corrected chi connectivity index (χ4v) is 1.38. The summed E-state index contributed by atoms with van der Waals surface area (Å²) < 4.78 is 15.2. The zero-order chi connectivity index (χ0) is 16.0. The molecule has 0 atom stereocenters. The molecular weight excluding hydrogens is 288 g/mol. The Hall–Kier alpha value is -1.97. The molecule has 0 radical (unpaired) electrons. The maximum Gasteiger partial charge on any atom is 0.231 e. The Kier molecular flexibility index (Phi) is 9.59. The minimum Gasteiger partial charge on any atom is -0.381 e. The maximum absolute atomic E-state index is 5.39. The van der Waals surface area contributed by atoms with E-state index in [1.165, 1.54) is 0 Å². The van der Waals surface area contributed by atoms with Crippen LogP contribution in [0.4, 0.5) is 17.8 Å². The third kappa shape index (κ3) is 7.72. The fraction of sp³-hybridized carbons (Fsp3) is 0.615. The number of hydrogen-bond acceptors (Lipinski definition) is 9. The van der Waals surface area contributed by atoms with Crippen molar-refractivity contribution in [3.05, 3.63) is 12.2 Å². The summed E-state index contributed by atoms with van der Waals surface area (Å²) in [4.78, 5) is 12.7. The van der Waals surface area contributed by atoms with Crippen molar-refractivity contribution in [3.8, 4) is 0 Å². The van der Waals surface area contributed by atoms with E-state index >= 15 is 0 Å². The van der Waals surface area contributed by atoms with Crippen molar-refractivity contribution in [1.82, 2.24) is 15.0 Å². The van der Waals surface area contributed by atoms with Gasteiger partial charge in [-0.25, -0.2) is 0 Å². The van der Waals surface area contributed by atoms with Crippen LogP contribution in [0.5, 0.6) is 0 Å². The van der Waals surface area contributed by atoms with Crippen LogP contribution in [-0.4, -0.2) is 62.4 Å². The predicted molar refractivity (Wildman–Crippen MR) is 84.9 cm³/mol. The predicted octanol–water partition coefficient (Wildman–Crippen LogP) is 0.908. The van der Waals surface area contributed by atoms with Gasteiger partial charge in [0.2, 0.25) is 17.8 Å². The summed E-state index contributed by atoms with van der Waals surface area (Å²) in [5, 5.41) is 8.95. The molecular formula is C13H24N6O3. The Morgan fingerprint density at radius 3 is 2.00 bits per heavy atom. The van der Waals surface area contributed by atoms with Gasteiger partial charge in [0.15, 0.2) is 0 Å². The molecule has 0 spiro atoms. The fourth-order valence-electron chi connectivity index (χ4n) is 1.38. The topological polar surface area (TPSA) is 102 Å². The second-order valence-electron chi connectivity index (χ2n) is 4.07. The SMILES string of the molecule is CCNc1nc(NCOC)nc(NCOC/C=C/COC)n1. The van der Waals surface area contributed by atoms with Gasteiger partial charge in [0.1, 0.15) is 13.5 Å². The summed E-state index contributed by atoms with van der Waals surface area (Å²) >= 11 is 0. The van der Waals surface area contributed by atoms with E-state index in [1.807, 2.05) is 19.1 Å². The van der Waals surface area contributed by atoms with Gasteiger partial charge >= 0.3 is 0 Å². The average molecular weight is 312 g/mol. The minimum absolute atomic E-state index is 0.288. The van der Waals surface area contributed by atoms with Gasteiger partial charge in [0.05, 0.1) is 13.2 Å². The van der Waals surface area contributed by atoms with Crippen molar-refractivity contribution >= 4 is 17.8 Å². The van der Waals surface area contributed by atoms with Crippen LogP contribution in [-0.2, 0) is 14.2 Å². The quantitative estimate of drug-likeness (QED) is 0.295. The van der Waals surface area contributed by atoms with Gasteiger partial charge < -0.3 is 30.2 Å². The van der Waals surface area contributed by atoms with Crippen molar-refractivity contribution < 1.29 is 14.2 Å². The molecule has 1 heterocycles. The van der Waals surface area contributed by atoms with Gasteiger partial charge in [-0.1, -0.05) is 12.2 Å². The van der Waals surface area contributed by atoms with E-state index in [0.29, 0.717) is 44.3 Å². The lowest BCUT2D eigenvalue weighted by molar-refractivity contribution is 0.180. The molecule has 0 aliphatic rings. The number of nitrogens with one attached hydrogen (secondary N) is 3. The zero-order valence-electron chi connectivity index (χ0n) is 13.3. The summed E-state index contributed by atoms with van der Waals surface area (Å²) in [6, 6.07) is 0. The Balaban J connectivity index is 2.47. The number of methoxy groups -OCH3 is 2. The van der Waals surface area contributed by atoms with E-state index in [2.05, 4.69) is 30.9 Å². The highest BCUT2D eigenvalue weighted by Gasteiger charge is 2.05. The molecule has 124 valence electrons. The Morgan fingerprint density at radius 1 is 0.818 bits per heavy atom. The Labute approximate surface area is 130 Å². The van der Waals surface area contributed by atoms with Gasteiger partial charge in [0.25, 0.3) is 0 Å². The van der Waals surface area contributed by atoms with Gasteiger partial charge in [-0.3, -0.25) is 0 Å². The number of rotatable bonds is 12. The molecule has 1 aromatic heterocycles. The van der Waals surface area contributed by atoms with Crippen molar-refractivity contribution in [2.75, 3.05) is 63.4 Å². The molecule has 0 aliphatic carbocycles. The molecule has 0 amide bonds. The monoisotopic (exact) mass is 312 g/mol. The molecule has 0 unspecified atom stereocenters. The van der Waals surface area contributed by atoms with E-state index in [4.69, 9.17) is 14.2 Å². The highest BCUT2D eigenvalue weighted by Crippen LogP contribution is 2.08. The van der Waals surface area contributed by atoms with Gasteiger partial charge in [-0.05, 0) is 6.92 Å². The summed E-state index contributed by atoms with van der Waals surface area (Å²) in [6.45, 7) is 4.34. The lowest BCUT2D eigenvalue weighted by Crippen LogP contribution is -2.15. The van der Waals surface area contributed by atoms with Crippen LogP contribution in [0.1, 0.15) is 6.92 Å². The smallest absolute Gasteiger partial charge is 0.231 e. The molecule has 0 bridgehead atoms. The summed E-state index contributed by atoms with van der Waals surface area (Å²) in [6.07, 6.45) is 3.77. The highest BCUT2D eigenvalue weighted by molar-refractivity contribution is 5.41. The molecule has 1 aromatic rings. The molecule has 0 saturated carbocycles. The number of ether oxygens (including phenoxy) is 3. The molecule has 22 heavy (non-hydrogen) atoms. The maximum atomic E-state index is 5.39. The number of anilines is 3. The lowest BCUT2D eigenvalue weighted by Gasteiger charge is -2.10. The molecule has 3 N–H and O–H groups in total. The second-order valence-corrected chi connectivity index (χ2v) is 4.07. The molecule has 0 fully saturated rings. The standard InChI is InChI=1S/C13H24N6O3/c1-4-14-11-17-12(15-9-21-3)19-13(18-11)16-10-22-8-6-5-7-20-2/h5-6H,4,7-10H2,1-3H3,(H3,14,15,16,17,18,19)/b6-5+. The third-order valence-corrected chi connectivity index (χ3v) is 2.32. The van der Waals surface area contributed by atoms with Crippen LogP contribution in [0, 0.1) is 0 Å². The van der Waals surface area contributed by atoms with Crippen LogP contribution in [0.2, 0.25) is 0 Å². The molecule has 1 rings (SSSR count). The first-order valence-electron chi connectivity index (χ1n) is 6.98. The van der Waals surface area contributed by atoms with E-state index in [-0.39, 0.29) is 6.73 Å². The minimum atomic E-state index is 0.288. The Morgan fingerprint density at radius 2 is 1.41 bits per heavy atom. The van der Waals surface area contributed by atoms with Crippen LogP contribution in [0.25, 0.3) is 0 Å². The molecule has 9 nitrogen and oxygen atoms in total. The van der Waals surface area contributed by atoms with Crippen molar-refractivity contribution in [1.29, 1.82) is 0 Å². The molecule has 0 aliphatic heterocycles. The average Bonchev–Trinajstić information content (AvgIpc) is 2.52. The molecule has 0 saturated heterocycles.